The van der Waals surface area contributed by atoms with Crippen molar-refractivity contribution in [2.24, 2.45) is 0 Å². The first kappa shape index (κ1) is 14.0. The lowest BCUT2D eigenvalue weighted by Crippen LogP contribution is -2.49. The summed E-state index contributed by atoms with van der Waals surface area (Å²) in [5.41, 5.74) is 1.26. The minimum Gasteiger partial charge on any atom is -0.408 e. The molecule has 0 N–H and O–H groups in total. The summed E-state index contributed by atoms with van der Waals surface area (Å²) in [4.78, 5) is 0. The molecule has 19 heavy (non-hydrogen) atoms. The fourth-order valence-corrected chi connectivity index (χ4v) is 5.62. The van der Waals surface area contributed by atoms with Gasteiger partial charge in [0.2, 0.25) is 8.32 Å². The summed E-state index contributed by atoms with van der Waals surface area (Å²) >= 11 is 0. The fourth-order valence-electron chi connectivity index (χ4n) is 2.48. The molecular formula is C17H22OSi. The molecule has 2 aromatic carbocycles. The molecule has 0 fully saturated rings. The van der Waals surface area contributed by atoms with Crippen molar-refractivity contribution in [2.45, 2.75) is 32.5 Å². The van der Waals surface area contributed by atoms with Crippen molar-refractivity contribution in [2.75, 3.05) is 0 Å². The summed E-state index contributed by atoms with van der Waals surface area (Å²) in [6, 6.07) is 23.5. The SMILES string of the molecule is CC[Si](CC)(OCc1ccccc1)c1ccccc1. The van der Waals surface area contributed by atoms with Crippen molar-refractivity contribution >= 4 is 13.5 Å². The Bertz CT molecular complexity index is 477. The van der Waals surface area contributed by atoms with Crippen LogP contribution in [0.15, 0.2) is 60.7 Å². The Morgan fingerprint density at radius 2 is 1.32 bits per heavy atom. The number of rotatable bonds is 6. The molecule has 0 bridgehead atoms. The molecule has 0 saturated heterocycles. The van der Waals surface area contributed by atoms with Crippen LogP contribution < -0.4 is 5.19 Å². The van der Waals surface area contributed by atoms with Crippen molar-refractivity contribution in [3.63, 3.8) is 0 Å². The Balaban J connectivity index is 2.16. The number of hydrogen-bond acceptors (Lipinski definition) is 1. The number of benzene rings is 2. The van der Waals surface area contributed by atoms with Crippen molar-refractivity contribution in [1.82, 2.24) is 0 Å². The summed E-state index contributed by atoms with van der Waals surface area (Å²) in [5, 5.41) is 1.41. The highest BCUT2D eigenvalue weighted by Gasteiger charge is 2.33. The largest absolute Gasteiger partial charge is 0.408 e. The highest BCUT2D eigenvalue weighted by Crippen LogP contribution is 2.19. The van der Waals surface area contributed by atoms with Crippen LogP contribution in [0.3, 0.4) is 0 Å². The van der Waals surface area contributed by atoms with Gasteiger partial charge in [-0.05, 0) is 22.8 Å². The van der Waals surface area contributed by atoms with Gasteiger partial charge in [-0.15, -0.1) is 0 Å². The number of hydrogen-bond donors (Lipinski definition) is 0. The Kier molecular flexibility index (Phi) is 4.94. The topological polar surface area (TPSA) is 9.23 Å². The van der Waals surface area contributed by atoms with Gasteiger partial charge in [-0.3, -0.25) is 0 Å². The van der Waals surface area contributed by atoms with Gasteiger partial charge in [0.05, 0.1) is 6.61 Å². The molecule has 1 nitrogen and oxygen atoms in total. The van der Waals surface area contributed by atoms with E-state index in [4.69, 9.17) is 4.43 Å². The van der Waals surface area contributed by atoms with Crippen LogP contribution in [0.4, 0.5) is 0 Å². The van der Waals surface area contributed by atoms with Crippen molar-refractivity contribution < 1.29 is 4.43 Å². The molecule has 0 unspecified atom stereocenters. The van der Waals surface area contributed by atoms with Crippen molar-refractivity contribution in [1.29, 1.82) is 0 Å². The maximum Gasteiger partial charge on any atom is 0.224 e. The van der Waals surface area contributed by atoms with Gasteiger partial charge < -0.3 is 4.43 Å². The second-order valence-corrected chi connectivity index (χ2v) is 9.11. The first-order valence-corrected chi connectivity index (χ1v) is 9.36. The van der Waals surface area contributed by atoms with Crippen LogP contribution in [0.25, 0.3) is 0 Å². The third kappa shape index (κ3) is 3.34. The summed E-state index contributed by atoms with van der Waals surface area (Å²) in [7, 11) is -1.80. The normalized spacial score (nSPS) is 11.5. The van der Waals surface area contributed by atoms with E-state index in [0.29, 0.717) is 0 Å². The predicted octanol–water partition coefficient (Wildman–Crippen LogP) is 4.10. The lowest BCUT2D eigenvalue weighted by atomic mass is 10.2. The molecule has 0 aliphatic rings. The van der Waals surface area contributed by atoms with E-state index < -0.39 is 8.32 Å². The molecule has 0 aliphatic heterocycles. The summed E-state index contributed by atoms with van der Waals surface area (Å²) in [5.74, 6) is 0. The van der Waals surface area contributed by atoms with Crippen LogP contribution in [0.5, 0.6) is 0 Å². The zero-order chi connectivity index (χ0) is 13.6. The highest BCUT2D eigenvalue weighted by molar-refractivity contribution is 6.86. The van der Waals surface area contributed by atoms with Crippen molar-refractivity contribution in [3.8, 4) is 0 Å². The van der Waals surface area contributed by atoms with E-state index in [1.807, 2.05) is 6.07 Å². The lowest BCUT2D eigenvalue weighted by Gasteiger charge is -2.30. The molecule has 100 valence electrons. The van der Waals surface area contributed by atoms with E-state index in [0.717, 1.165) is 18.7 Å². The van der Waals surface area contributed by atoms with E-state index in [1.54, 1.807) is 0 Å². The molecule has 0 heterocycles. The van der Waals surface area contributed by atoms with Crippen LogP contribution in [-0.2, 0) is 11.0 Å². The lowest BCUT2D eigenvalue weighted by molar-refractivity contribution is 0.296. The van der Waals surface area contributed by atoms with Gasteiger partial charge in [-0.1, -0.05) is 74.5 Å². The quantitative estimate of drug-likeness (QED) is 0.718. The minimum atomic E-state index is -1.80. The Morgan fingerprint density at radius 1 is 0.789 bits per heavy atom. The second-order valence-electron chi connectivity index (χ2n) is 4.84. The Hall–Kier alpha value is -1.38. The van der Waals surface area contributed by atoms with Crippen LogP contribution in [0, 0.1) is 0 Å². The molecular weight excluding hydrogens is 248 g/mol. The molecule has 0 aliphatic carbocycles. The minimum absolute atomic E-state index is 0.726. The molecule has 0 saturated carbocycles. The van der Waals surface area contributed by atoms with Crippen molar-refractivity contribution in [3.05, 3.63) is 66.2 Å². The molecule has 2 aromatic rings. The zero-order valence-corrected chi connectivity index (χ0v) is 12.8. The van der Waals surface area contributed by atoms with Crippen LogP contribution in [-0.4, -0.2) is 8.32 Å². The molecule has 2 heteroatoms. The van der Waals surface area contributed by atoms with E-state index in [1.165, 1.54) is 10.8 Å². The van der Waals surface area contributed by atoms with Gasteiger partial charge >= 0.3 is 0 Å². The standard InChI is InChI=1S/C17H22OSi/c1-3-19(4-2,17-13-9-6-10-14-17)18-15-16-11-7-5-8-12-16/h5-14H,3-4,15H2,1-2H3. The monoisotopic (exact) mass is 270 g/mol. The van der Waals surface area contributed by atoms with Gasteiger partial charge in [-0.2, -0.15) is 0 Å². The third-order valence-corrected chi connectivity index (χ3v) is 8.17. The highest BCUT2D eigenvalue weighted by atomic mass is 28.4. The molecule has 0 atom stereocenters. The first-order valence-electron chi connectivity index (χ1n) is 7.04. The average Bonchev–Trinajstić information content (AvgIpc) is 2.51. The van der Waals surface area contributed by atoms with Crippen LogP contribution >= 0.6 is 0 Å². The van der Waals surface area contributed by atoms with Crippen LogP contribution in [0.2, 0.25) is 12.1 Å². The maximum absolute atomic E-state index is 6.44. The first-order chi connectivity index (χ1) is 9.30. The molecule has 0 aromatic heterocycles. The smallest absolute Gasteiger partial charge is 0.224 e. The molecule has 0 spiro atoms. The van der Waals surface area contributed by atoms with Gasteiger partial charge in [-0.25, -0.2) is 0 Å². The summed E-state index contributed by atoms with van der Waals surface area (Å²) in [6.45, 7) is 5.24. The Labute approximate surface area is 117 Å². The van der Waals surface area contributed by atoms with E-state index in [2.05, 4.69) is 68.4 Å². The summed E-state index contributed by atoms with van der Waals surface area (Å²) < 4.78 is 6.44. The van der Waals surface area contributed by atoms with Gasteiger partial charge in [0, 0.05) is 0 Å². The molecule has 2 rings (SSSR count). The van der Waals surface area contributed by atoms with Gasteiger partial charge in [0.15, 0.2) is 0 Å². The fraction of sp³-hybridized carbons (Fsp3) is 0.294. The zero-order valence-electron chi connectivity index (χ0n) is 11.8. The van der Waals surface area contributed by atoms with E-state index in [9.17, 15) is 0 Å². The average molecular weight is 270 g/mol. The van der Waals surface area contributed by atoms with Gasteiger partial charge in [0.1, 0.15) is 0 Å². The second kappa shape index (κ2) is 6.69. The molecule has 0 amide bonds. The van der Waals surface area contributed by atoms with Crippen LogP contribution in [0.1, 0.15) is 19.4 Å². The van der Waals surface area contributed by atoms with E-state index in [-0.39, 0.29) is 0 Å². The predicted molar refractivity (Wildman–Crippen MR) is 84.0 cm³/mol. The van der Waals surface area contributed by atoms with E-state index >= 15 is 0 Å². The maximum atomic E-state index is 6.44. The summed E-state index contributed by atoms with van der Waals surface area (Å²) in [6.07, 6.45) is 0. The third-order valence-electron chi connectivity index (χ3n) is 3.80. The Morgan fingerprint density at radius 3 is 1.84 bits per heavy atom. The van der Waals surface area contributed by atoms with Gasteiger partial charge in [0.25, 0.3) is 0 Å². The molecule has 0 radical (unpaired) electrons.